The molecule has 56 valence electrons. The summed E-state index contributed by atoms with van der Waals surface area (Å²) in [7, 11) is 0. The Labute approximate surface area is 69.9 Å². The maximum Gasteiger partial charge on any atom is 0.117 e. The molecule has 0 radical (unpaired) electrons. The fourth-order valence-electron chi connectivity index (χ4n) is 1.20. The molecule has 1 aromatic carbocycles. The molecule has 2 nitrogen and oxygen atoms in total. The quantitative estimate of drug-likeness (QED) is 0.574. The topological polar surface area (TPSA) is 32.3 Å². The molecule has 0 aromatic heterocycles. The van der Waals surface area contributed by atoms with Gasteiger partial charge < -0.3 is 10.4 Å². The summed E-state index contributed by atoms with van der Waals surface area (Å²) in [6.07, 6.45) is 0.797. The highest BCUT2D eigenvalue weighted by atomic mass is 32.1. The summed E-state index contributed by atoms with van der Waals surface area (Å²) in [5, 5.41) is 12.1. The second kappa shape index (κ2) is 2.20. The van der Waals surface area contributed by atoms with Crippen LogP contribution in [0.4, 0.5) is 5.69 Å². The highest BCUT2D eigenvalue weighted by Crippen LogP contribution is 2.26. The molecule has 0 amide bonds. The molecule has 0 spiro atoms. The van der Waals surface area contributed by atoms with Crippen LogP contribution in [0, 0.1) is 0 Å². The van der Waals surface area contributed by atoms with E-state index in [1.165, 1.54) is 0 Å². The van der Waals surface area contributed by atoms with Gasteiger partial charge in [0.2, 0.25) is 0 Å². The Balaban J connectivity index is 2.51. The first-order valence-corrected chi connectivity index (χ1v) is 3.78. The molecule has 1 heterocycles. The molecule has 0 unspecified atom stereocenters. The van der Waals surface area contributed by atoms with Crippen molar-refractivity contribution in [2.24, 2.45) is 0 Å². The number of phenolic OH excluding ortho intramolecular Hbond substituents is 1. The van der Waals surface area contributed by atoms with Crippen LogP contribution in [0.2, 0.25) is 0 Å². The van der Waals surface area contributed by atoms with E-state index in [0.29, 0.717) is 0 Å². The lowest BCUT2D eigenvalue weighted by molar-refractivity contribution is 0.475. The van der Waals surface area contributed by atoms with E-state index in [0.717, 1.165) is 22.7 Å². The van der Waals surface area contributed by atoms with Crippen molar-refractivity contribution in [2.75, 3.05) is 5.32 Å². The fraction of sp³-hybridized carbons (Fsp3) is 0.125. The molecule has 2 rings (SSSR count). The minimum absolute atomic E-state index is 0.279. The van der Waals surface area contributed by atoms with Crippen molar-refractivity contribution in [1.82, 2.24) is 0 Å². The van der Waals surface area contributed by atoms with Crippen molar-refractivity contribution in [3.8, 4) is 5.75 Å². The molecule has 1 aliphatic heterocycles. The molecule has 0 aliphatic carbocycles. The number of fused-ring (bicyclic) bond motifs is 1. The molecular formula is C8H7NOS. The number of rotatable bonds is 0. The van der Waals surface area contributed by atoms with Crippen LogP contribution in [0.25, 0.3) is 0 Å². The smallest absolute Gasteiger partial charge is 0.117 e. The fourth-order valence-corrected chi connectivity index (χ4v) is 1.47. The average molecular weight is 165 g/mol. The Morgan fingerprint density at radius 3 is 3.09 bits per heavy atom. The monoisotopic (exact) mass is 165 g/mol. The van der Waals surface area contributed by atoms with Gasteiger partial charge >= 0.3 is 0 Å². The van der Waals surface area contributed by atoms with Crippen LogP contribution < -0.4 is 5.32 Å². The van der Waals surface area contributed by atoms with Crippen molar-refractivity contribution >= 4 is 22.9 Å². The Bertz CT molecular complexity index is 322. The summed E-state index contributed by atoms with van der Waals surface area (Å²) in [6, 6.07) is 5.25. The summed E-state index contributed by atoms with van der Waals surface area (Å²) in [4.78, 5) is 0.825. The normalized spacial score (nSPS) is 14.4. The standard InChI is InChI=1S/C8H7NOS/c10-6-2-1-5-3-8(11)9-7(5)4-6/h1-2,4,10H,3H2,(H,9,11). The summed E-state index contributed by atoms with van der Waals surface area (Å²) in [5.74, 6) is 0.279. The maximum absolute atomic E-state index is 9.10. The highest BCUT2D eigenvalue weighted by Gasteiger charge is 2.13. The third-order valence-electron chi connectivity index (χ3n) is 1.72. The Morgan fingerprint density at radius 2 is 2.27 bits per heavy atom. The van der Waals surface area contributed by atoms with Crippen molar-refractivity contribution in [3.63, 3.8) is 0 Å². The van der Waals surface area contributed by atoms with E-state index in [-0.39, 0.29) is 5.75 Å². The number of anilines is 1. The van der Waals surface area contributed by atoms with Gasteiger partial charge in [0.1, 0.15) is 5.75 Å². The molecule has 11 heavy (non-hydrogen) atoms. The highest BCUT2D eigenvalue weighted by molar-refractivity contribution is 7.80. The van der Waals surface area contributed by atoms with Crippen LogP contribution in [0.3, 0.4) is 0 Å². The van der Waals surface area contributed by atoms with Gasteiger partial charge in [0.05, 0.1) is 4.99 Å². The molecule has 0 saturated carbocycles. The predicted octanol–water partition coefficient (Wildman–Crippen LogP) is 1.69. The lowest BCUT2D eigenvalue weighted by Crippen LogP contribution is -2.00. The molecule has 1 aliphatic rings. The number of phenols is 1. The number of thiocarbonyl (C=S) groups is 1. The molecule has 1 aromatic rings. The maximum atomic E-state index is 9.10. The van der Waals surface area contributed by atoms with Gasteiger partial charge in [-0.3, -0.25) is 0 Å². The van der Waals surface area contributed by atoms with Gasteiger partial charge in [-0.05, 0) is 11.6 Å². The zero-order valence-corrected chi connectivity index (χ0v) is 6.61. The van der Waals surface area contributed by atoms with E-state index < -0.39 is 0 Å². The SMILES string of the molecule is Oc1ccc2c(c1)NC(=S)C2. The first-order valence-electron chi connectivity index (χ1n) is 3.37. The van der Waals surface area contributed by atoms with E-state index >= 15 is 0 Å². The van der Waals surface area contributed by atoms with E-state index in [9.17, 15) is 0 Å². The van der Waals surface area contributed by atoms with Gasteiger partial charge in [-0.2, -0.15) is 0 Å². The first-order chi connectivity index (χ1) is 5.25. The molecule has 0 atom stereocenters. The average Bonchev–Trinajstić information content (AvgIpc) is 2.27. The van der Waals surface area contributed by atoms with E-state index in [1.807, 2.05) is 6.07 Å². The zero-order valence-electron chi connectivity index (χ0n) is 5.79. The van der Waals surface area contributed by atoms with Gasteiger partial charge in [0.25, 0.3) is 0 Å². The zero-order chi connectivity index (χ0) is 7.84. The number of nitrogens with one attached hydrogen (secondary N) is 1. The second-order valence-electron chi connectivity index (χ2n) is 2.57. The van der Waals surface area contributed by atoms with Crippen LogP contribution in [0.15, 0.2) is 18.2 Å². The van der Waals surface area contributed by atoms with Crippen LogP contribution >= 0.6 is 12.2 Å². The second-order valence-corrected chi connectivity index (χ2v) is 3.06. The van der Waals surface area contributed by atoms with Gasteiger partial charge in [-0.15, -0.1) is 0 Å². The van der Waals surface area contributed by atoms with Crippen LogP contribution in [-0.4, -0.2) is 10.1 Å². The number of benzene rings is 1. The van der Waals surface area contributed by atoms with Crippen molar-refractivity contribution in [1.29, 1.82) is 0 Å². The Hall–Kier alpha value is -1.09. The lowest BCUT2D eigenvalue weighted by atomic mass is 10.2. The first kappa shape index (κ1) is 6.61. The van der Waals surface area contributed by atoms with Crippen molar-refractivity contribution in [2.45, 2.75) is 6.42 Å². The molecule has 3 heteroatoms. The Kier molecular flexibility index (Phi) is 1.32. The van der Waals surface area contributed by atoms with Gasteiger partial charge in [-0.25, -0.2) is 0 Å². The molecule has 0 bridgehead atoms. The molecule has 0 fully saturated rings. The van der Waals surface area contributed by atoms with Gasteiger partial charge in [-0.1, -0.05) is 18.3 Å². The van der Waals surface area contributed by atoms with Crippen LogP contribution in [0.5, 0.6) is 5.75 Å². The molecule has 0 saturated heterocycles. The van der Waals surface area contributed by atoms with Gasteiger partial charge in [0, 0.05) is 18.2 Å². The minimum Gasteiger partial charge on any atom is -0.508 e. The third-order valence-corrected chi connectivity index (χ3v) is 1.96. The van der Waals surface area contributed by atoms with Crippen molar-refractivity contribution < 1.29 is 5.11 Å². The largest absolute Gasteiger partial charge is 0.508 e. The molecule has 2 N–H and O–H groups in total. The van der Waals surface area contributed by atoms with Gasteiger partial charge in [0.15, 0.2) is 0 Å². The minimum atomic E-state index is 0.279. The van der Waals surface area contributed by atoms with E-state index in [1.54, 1.807) is 12.1 Å². The number of aromatic hydroxyl groups is 1. The lowest BCUT2D eigenvalue weighted by Gasteiger charge is -1.97. The summed E-state index contributed by atoms with van der Waals surface area (Å²) in [6.45, 7) is 0. The van der Waals surface area contributed by atoms with Crippen molar-refractivity contribution in [3.05, 3.63) is 23.8 Å². The van der Waals surface area contributed by atoms with Crippen LogP contribution in [-0.2, 0) is 6.42 Å². The molecular weight excluding hydrogens is 158 g/mol. The van der Waals surface area contributed by atoms with E-state index in [2.05, 4.69) is 5.32 Å². The van der Waals surface area contributed by atoms with Crippen LogP contribution in [0.1, 0.15) is 5.56 Å². The summed E-state index contributed by atoms with van der Waals surface area (Å²) >= 11 is 4.97. The Morgan fingerprint density at radius 1 is 1.45 bits per heavy atom. The number of hydrogen-bond acceptors (Lipinski definition) is 2. The third kappa shape index (κ3) is 1.07. The van der Waals surface area contributed by atoms with E-state index in [4.69, 9.17) is 17.3 Å². The number of hydrogen-bond donors (Lipinski definition) is 2. The predicted molar refractivity (Wildman–Crippen MR) is 48.0 cm³/mol. The summed E-state index contributed by atoms with van der Waals surface area (Å²) < 4.78 is 0. The summed E-state index contributed by atoms with van der Waals surface area (Å²) in [5.41, 5.74) is 2.10.